The second-order valence-electron chi connectivity index (χ2n) is 3.99. The Morgan fingerprint density at radius 2 is 2.14 bits per heavy atom. The summed E-state index contributed by atoms with van der Waals surface area (Å²) in [5, 5.41) is 0. The monoisotopic (exact) mass is 193 g/mol. The molecule has 0 fully saturated rings. The summed E-state index contributed by atoms with van der Waals surface area (Å²) >= 11 is 0. The molecule has 0 amide bonds. The molecule has 0 aliphatic carbocycles. The SMILES string of the molecule is CCc1nccc([C@H](N)CC(C)C)n1. The third-order valence-electron chi connectivity index (χ3n) is 2.15. The van der Waals surface area contributed by atoms with Crippen LogP contribution in [0.25, 0.3) is 0 Å². The van der Waals surface area contributed by atoms with Crippen molar-refractivity contribution in [2.24, 2.45) is 11.7 Å². The Bertz CT molecular complexity index is 284. The fourth-order valence-electron chi connectivity index (χ4n) is 1.42. The van der Waals surface area contributed by atoms with E-state index in [1.165, 1.54) is 0 Å². The maximum Gasteiger partial charge on any atom is 0.128 e. The van der Waals surface area contributed by atoms with Crippen LogP contribution in [0, 0.1) is 5.92 Å². The minimum atomic E-state index is 0.0447. The van der Waals surface area contributed by atoms with Crippen LogP contribution in [0.2, 0.25) is 0 Å². The molecular weight excluding hydrogens is 174 g/mol. The Labute approximate surface area is 85.8 Å². The Hall–Kier alpha value is -0.960. The van der Waals surface area contributed by atoms with Gasteiger partial charge in [0.1, 0.15) is 5.82 Å². The van der Waals surface area contributed by atoms with Crippen molar-refractivity contribution in [3.05, 3.63) is 23.8 Å². The first-order valence-corrected chi connectivity index (χ1v) is 5.20. The van der Waals surface area contributed by atoms with E-state index in [-0.39, 0.29) is 6.04 Å². The van der Waals surface area contributed by atoms with Gasteiger partial charge in [0, 0.05) is 18.7 Å². The van der Waals surface area contributed by atoms with Crippen LogP contribution in [0.15, 0.2) is 12.3 Å². The molecule has 3 heteroatoms. The van der Waals surface area contributed by atoms with Gasteiger partial charge in [0.2, 0.25) is 0 Å². The lowest BCUT2D eigenvalue weighted by Gasteiger charge is -2.13. The maximum atomic E-state index is 6.03. The van der Waals surface area contributed by atoms with E-state index in [1.54, 1.807) is 6.20 Å². The van der Waals surface area contributed by atoms with Gasteiger partial charge in [-0.3, -0.25) is 0 Å². The van der Waals surface area contributed by atoms with Crippen molar-refractivity contribution in [1.29, 1.82) is 0 Å². The first kappa shape index (κ1) is 11.1. The molecule has 14 heavy (non-hydrogen) atoms. The lowest BCUT2D eigenvalue weighted by molar-refractivity contribution is 0.500. The zero-order valence-electron chi connectivity index (χ0n) is 9.20. The van der Waals surface area contributed by atoms with Crippen molar-refractivity contribution in [3.8, 4) is 0 Å². The van der Waals surface area contributed by atoms with Crippen LogP contribution in [0.3, 0.4) is 0 Å². The van der Waals surface area contributed by atoms with E-state index in [9.17, 15) is 0 Å². The van der Waals surface area contributed by atoms with Gasteiger partial charge >= 0.3 is 0 Å². The van der Waals surface area contributed by atoms with Crippen LogP contribution in [0.1, 0.15) is 44.8 Å². The van der Waals surface area contributed by atoms with Crippen LogP contribution >= 0.6 is 0 Å². The molecule has 0 saturated heterocycles. The quantitative estimate of drug-likeness (QED) is 0.796. The smallest absolute Gasteiger partial charge is 0.128 e. The second-order valence-corrected chi connectivity index (χ2v) is 3.99. The first-order chi connectivity index (χ1) is 6.63. The molecule has 0 spiro atoms. The van der Waals surface area contributed by atoms with Crippen molar-refractivity contribution in [2.75, 3.05) is 0 Å². The van der Waals surface area contributed by atoms with E-state index in [4.69, 9.17) is 5.73 Å². The summed E-state index contributed by atoms with van der Waals surface area (Å²) in [7, 11) is 0. The average Bonchev–Trinajstić information content (AvgIpc) is 2.17. The van der Waals surface area contributed by atoms with Crippen molar-refractivity contribution in [2.45, 2.75) is 39.7 Å². The highest BCUT2D eigenvalue weighted by atomic mass is 14.9. The van der Waals surface area contributed by atoms with Crippen LogP contribution in [-0.2, 0) is 6.42 Å². The number of nitrogens with two attached hydrogens (primary N) is 1. The van der Waals surface area contributed by atoms with Gasteiger partial charge in [-0.15, -0.1) is 0 Å². The molecule has 0 unspecified atom stereocenters. The molecule has 0 saturated carbocycles. The molecular formula is C11H19N3. The molecule has 0 aliphatic heterocycles. The van der Waals surface area contributed by atoms with Crippen LogP contribution in [0.4, 0.5) is 0 Å². The van der Waals surface area contributed by atoms with E-state index in [1.807, 2.05) is 13.0 Å². The van der Waals surface area contributed by atoms with Gasteiger partial charge in [-0.2, -0.15) is 0 Å². The minimum absolute atomic E-state index is 0.0447. The van der Waals surface area contributed by atoms with Crippen molar-refractivity contribution in [1.82, 2.24) is 9.97 Å². The number of nitrogens with zero attached hydrogens (tertiary/aromatic N) is 2. The molecule has 0 aromatic carbocycles. The Morgan fingerprint density at radius 1 is 1.43 bits per heavy atom. The molecule has 2 N–H and O–H groups in total. The van der Waals surface area contributed by atoms with Gasteiger partial charge in [0.05, 0.1) is 5.69 Å². The van der Waals surface area contributed by atoms with Gasteiger partial charge in [-0.1, -0.05) is 20.8 Å². The lowest BCUT2D eigenvalue weighted by Crippen LogP contribution is -2.15. The van der Waals surface area contributed by atoms with Crippen LogP contribution < -0.4 is 5.73 Å². The van der Waals surface area contributed by atoms with Gasteiger partial charge in [0.15, 0.2) is 0 Å². The first-order valence-electron chi connectivity index (χ1n) is 5.20. The molecule has 0 radical (unpaired) electrons. The molecule has 0 aliphatic rings. The minimum Gasteiger partial charge on any atom is -0.323 e. The largest absolute Gasteiger partial charge is 0.323 e. The lowest BCUT2D eigenvalue weighted by atomic mass is 10.0. The molecule has 1 aromatic heterocycles. The highest BCUT2D eigenvalue weighted by Crippen LogP contribution is 2.16. The van der Waals surface area contributed by atoms with E-state index in [2.05, 4.69) is 23.8 Å². The molecule has 78 valence electrons. The number of aromatic nitrogens is 2. The summed E-state index contributed by atoms with van der Waals surface area (Å²) in [5.41, 5.74) is 6.99. The third-order valence-corrected chi connectivity index (χ3v) is 2.15. The number of hydrogen-bond donors (Lipinski definition) is 1. The van der Waals surface area contributed by atoms with Crippen molar-refractivity contribution >= 4 is 0 Å². The highest BCUT2D eigenvalue weighted by Gasteiger charge is 2.09. The Balaban J connectivity index is 2.73. The van der Waals surface area contributed by atoms with E-state index < -0.39 is 0 Å². The predicted octanol–water partition coefficient (Wildman–Crippen LogP) is 2.08. The topological polar surface area (TPSA) is 51.8 Å². The molecule has 1 aromatic rings. The van der Waals surface area contributed by atoms with E-state index >= 15 is 0 Å². The van der Waals surface area contributed by atoms with Crippen LogP contribution in [0.5, 0.6) is 0 Å². The third kappa shape index (κ3) is 3.07. The van der Waals surface area contributed by atoms with Gasteiger partial charge in [-0.05, 0) is 18.4 Å². The second kappa shape index (κ2) is 5.05. The van der Waals surface area contributed by atoms with Crippen LogP contribution in [-0.4, -0.2) is 9.97 Å². The Morgan fingerprint density at radius 3 is 2.71 bits per heavy atom. The normalized spacial score (nSPS) is 13.2. The number of hydrogen-bond acceptors (Lipinski definition) is 3. The van der Waals surface area contributed by atoms with Crippen molar-refractivity contribution in [3.63, 3.8) is 0 Å². The number of aryl methyl sites for hydroxylation is 1. The molecule has 1 atom stereocenters. The van der Waals surface area contributed by atoms with E-state index in [0.717, 1.165) is 24.4 Å². The Kier molecular flexibility index (Phi) is 4.01. The summed E-state index contributed by atoms with van der Waals surface area (Å²) in [5.74, 6) is 1.48. The van der Waals surface area contributed by atoms with Gasteiger partial charge < -0.3 is 5.73 Å². The average molecular weight is 193 g/mol. The fraction of sp³-hybridized carbons (Fsp3) is 0.636. The molecule has 3 nitrogen and oxygen atoms in total. The standard InChI is InChI=1S/C11H19N3/c1-4-11-13-6-5-10(14-11)9(12)7-8(2)3/h5-6,8-9H,4,7,12H2,1-3H3/t9-/m1/s1. The fourth-order valence-corrected chi connectivity index (χ4v) is 1.42. The summed E-state index contributed by atoms with van der Waals surface area (Å²) in [6, 6.07) is 1.95. The predicted molar refractivity (Wildman–Crippen MR) is 57.8 cm³/mol. The zero-order chi connectivity index (χ0) is 10.6. The summed E-state index contributed by atoms with van der Waals surface area (Å²) in [4.78, 5) is 8.56. The maximum absolute atomic E-state index is 6.03. The molecule has 1 heterocycles. The summed E-state index contributed by atoms with van der Waals surface area (Å²) < 4.78 is 0. The van der Waals surface area contributed by atoms with Gasteiger partial charge in [0.25, 0.3) is 0 Å². The number of rotatable bonds is 4. The van der Waals surface area contributed by atoms with E-state index in [0.29, 0.717) is 5.92 Å². The summed E-state index contributed by atoms with van der Waals surface area (Å²) in [6.07, 6.45) is 3.63. The highest BCUT2D eigenvalue weighted by molar-refractivity contribution is 5.07. The van der Waals surface area contributed by atoms with Crippen molar-refractivity contribution < 1.29 is 0 Å². The van der Waals surface area contributed by atoms with Gasteiger partial charge in [-0.25, -0.2) is 9.97 Å². The zero-order valence-corrected chi connectivity index (χ0v) is 9.20. The molecule has 0 bridgehead atoms. The molecule has 1 rings (SSSR count). The summed E-state index contributed by atoms with van der Waals surface area (Å²) in [6.45, 7) is 6.39.